The van der Waals surface area contributed by atoms with Crippen molar-refractivity contribution in [2.24, 2.45) is 0 Å². The average Bonchev–Trinajstić information content (AvgIpc) is 2.40. The molecule has 0 aliphatic carbocycles. The van der Waals surface area contributed by atoms with E-state index in [0.29, 0.717) is 12.1 Å². The third-order valence-corrected chi connectivity index (χ3v) is 6.89. The molecule has 2 rings (SSSR count). The van der Waals surface area contributed by atoms with Crippen LogP contribution in [0.4, 0.5) is 17.6 Å². The number of hydrogen-bond donors (Lipinski definition) is 2. The molecule has 0 aromatic heterocycles. The van der Waals surface area contributed by atoms with E-state index in [1.165, 1.54) is 0 Å². The molecule has 25 heavy (non-hydrogen) atoms. The van der Waals surface area contributed by atoms with Gasteiger partial charge in [0.1, 0.15) is 23.3 Å². The molecular weight excluding hydrogens is 392 g/mol. The molecule has 0 unspecified atom stereocenters. The first-order chi connectivity index (χ1) is 11.3. The first-order valence-electron chi connectivity index (χ1n) is 6.17. The molecule has 0 saturated heterocycles. The van der Waals surface area contributed by atoms with Crippen molar-refractivity contribution in [3.8, 4) is 0 Å². The van der Waals surface area contributed by atoms with Crippen molar-refractivity contribution in [3.05, 3.63) is 70.8 Å². The Bertz CT molecular complexity index is 965. The topological polar surface area (TPSA) is 109 Å². The van der Waals surface area contributed by atoms with Crippen LogP contribution in [0.1, 0.15) is 11.1 Å². The average molecular weight is 400 g/mol. The minimum atomic E-state index is -6.02. The molecule has 136 valence electrons. The predicted molar refractivity (Wildman–Crippen MR) is 76.6 cm³/mol. The first kappa shape index (κ1) is 19.3. The maximum atomic E-state index is 14.1. The zero-order chi connectivity index (χ0) is 19.2. The minimum Gasteiger partial charge on any atom is -0.284 e. The van der Waals surface area contributed by atoms with Crippen LogP contribution >= 0.6 is 0 Å². The number of halogens is 4. The number of rotatable bonds is 4. The SMILES string of the molecule is O=S(=O)(O)C(c1ccc(F)cc1F)(c1ccc(F)cc1F)S(=O)(=O)O. The van der Waals surface area contributed by atoms with E-state index in [2.05, 4.69) is 0 Å². The molecule has 0 spiro atoms. The fourth-order valence-electron chi connectivity index (χ4n) is 2.35. The summed E-state index contributed by atoms with van der Waals surface area (Å²) < 4.78 is 117. The van der Waals surface area contributed by atoms with Gasteiger partial charge in [0.25, 0.3) is 24.3 Å². The summed E-state index contributed by atoms with van der Waals surface area (Å²) in [5, 5.41) is 0. The molecule has 0 aliphatic rings. The van der Waals surface area contributed by atoms with E-state index in [9.17, 15) is 43.5 Å². The van der Waals surface area contributed by atoms with E-state index in [1.807, 2.05) is 0 Å². The summed E-state index contributed by atoms with van der Waals surface area (Å²) >= 11 is 0. The lowest BCUT2D eigenvalue weighted by molar-refractivity contribution is 0.427. The molecule has 2 aromatic carbocycles. The standard InChI is InChI=1S/C13H8F4O6S2/c14-7-1-3-9(11(16)5-7)13(24(18,19)20,25(21,22)23)10-4-2-8(15)6-12(10)17/h1-6H,(H,18,19,20)(H,21,22,23). The van der Waals surface area contributed by atoms with Gasteiger partial charge in [-0.3, -0.25) is 9.11 Å². The summed E-state index contributed by atoms with van der Waals surface area (Å²) in [6.07, 6.45) is 0. The van der Waals surface area contributed by atoms with Gasteiger partial charge in [-0.2, -0.15) is 16.8 Å². The predicted octanol–water partition coefficient (Wildman–Crippen LogP) is 2.22. The molecular formula is C13H8F4O6S2. The smallest absolute Gasteiger partial charge is 0.284 e. The highest BCUT2D eigenvalue weighted by Crippen LogP contribution is 2.44. The lowest BCUT2D eigenvalue weighted by Gasteiger charge is -2.29. The maximum absolute atomic E-state index is 14.1. The summed E-state index contributed by atoms with van der Waals surface area (Å²) in [6, 6.07) is 1.53. The van der Waals surface area contributed by atoms with Gasteiger partial charge in [0.15, 0.2) is 0 Å². The van der Waals surface area contributed by atoms with Crippen LogP contribution in [-0.2, 0) is 24.3 Å². The van der Waals surface area contributed by atoms with Crippen molar-refractivity contribution in [2.45, 2.75) is 4.08 Å². The van der Waals surface area contributed by atoms with Crippen LogP contribution < -0.4 is 0 Å². The van der Waals surface area contributed by atoms with E-state index in [-0.39, 0.29) is 24.3 Å². The Labute approximate surface area is 139 Å². The fourth-order valence-corrected chi connectivity index (χ4v) is 5.19. The minimum absolute atomic E-state index is 0.0574. The van der Waals surface area contributed by atoms with Crippen molar-refractivity contribution >= 4 is 20.2 Å². The van der Waals surface area contributed by atoms with Gasteiger partial charge in [0.05, 0.1) is 0 Å². The lowest BCUT2D eigenvalue weighted by Crippen LogP contribution is -2.45. The van der Waals surface area contributed by atoms with E-state index >= 15 is 0 Å². The quantitative estimate of drug-likeness (QED) is 0.602. The van der Waals surface area contributed by atoms with Gasteiger partial charge in [-0.15, -0.1) is 0 Å². The fraction of sp³-hybridized carbons (Fsp3) is 0.0769. The van der Waals surface area contributed by atoms with Gasteiger partial charge >= 0.3 is 0 Å². The number of benzene rings is 2. The van der Waals surface area contributed by atoms with Crippen molar-refractivity contribution in [1.29, 1.82) is 0 Å². The van der Waals surface area contributed by atoms with Crippen LogP contribution in [0.25, 0.3) is 0 Å². The second kappa shape index (κ2) is 6.05. The van der Waals surface area contributed by atoms with Crippen molar-refractivity contribution < 1.29 is 43.5 Å². The summed E-state index contributed by atoms with van der Waals surface area (Å²) in [5.74, 6) is -6.14. The van der Waals surface area contributed by atoms with Crippen molar-refractivity contribution in [3.63, 3.8) is 0 Å². The zero-order valence-corrected chi connectivity index (χ0v) is 13.5. The normalized spacial score (nSPS) is 13.0. The second-order valence-corrected chi connectivity index (χ2v) is 8.20. The van der Waals surface area contributed by atoms with Crippen molar-refractivity contribution in [1.82, 2.24) is 0 Å². The highest BCUT2D eigenvalue weighted by molar-refractivity contribution is 8.04. The third-order valence-electron chi connectivity index (χ3n) is 3.30. The summed E-state index contributed by atoms with van der Waals surface area (Å²) in [4.78, 5) is 0. The molecule has 0 atom stereocenters. The molecule has 0 amide bonds. The lowest BCUT2D eigenvalue weighted by atomic mass is 10.0. The maximum Gasteiger partial charge on any atom is 0.296 e. The third kappa shape index (κ3) is 3.01. The van der Waals surface area contributed by atoms with Gasteiger partial charge in [-0.05, 0) is 12.1 Å². The second-order valence-electron chi connectivity index (χ2n) is 4.82. The molecule has 0 fully saturated rings. The molecule has 12 heteroatoms. The van der Waals surface area contributed by atoms with Crippen LogP contribution in [0.3, 0.4) is 0 Å². The zero-order valence-electron chi connectivity index (χ0n) is 11.8. The highest BCUT2D eigenvalue weighted by atomic mass is 32.3. The van der Waals surface area contributed by atoms with Gasteiger partial charge in [-0.25, -0.2) is 17.6 Å². The van der Waals surface area contributed by atoms with Crippen LogP contribution in [0, 0.1) is 23.3 Å². The van der Waals surface area contributed by atoms with E-state index in [4.69, 9.17) is 0 Å². The Morgan fingerprint density at radius 3 is 1.24 bits per heavy atom. The highest BCUT2D eigenvalue weighted by Gasteiger charge is 2.60. The molecule has 0 heterocycles. The molecule has 2 N–H and O–H groups in total. The van der Waals surface area contributed by atoms with E-state index in [1.54, 1.807) is 0 Å². The summed E-state index contributed by atoms with van der Waals surface area (Å²) in [7, 11) is -12.0. The van der Waals surface area contributed by atoms with Gasteiger partial charge in [0.2, 0.25) is 0 Å². The largest absolute Gasteiger partial charge is 0.296 e. The Morgan fingerprint density at radius 1 is 0.680 bits per heavy atom. The molecule has 6 nitrogen and oxygen atoms in total. The first-order valence-corrected chi connectivity index (χ1v) is 9.05. The van der Waals surface area contributed by atoms with Crippen LogP contribution in [0.15, 0.2) is 36.4 Å². The Kier molecular flexibility index (Phi) is 4.67. The van der Waals surface area contributed by atoms with Crippen molar-refractivity contribution in [2.75, 3.05) is 0 Å². The van der Waals surface area contributed by atoms with Crippen LogP contribution in [0.5, 0.6) is 0 Å². The number of hydrogen-bond acceptors (Lipinski definition) is 4. The Balaban J connectivity index is 3.14. The van der Waals surface area contributed by atoms with Crippen LogP contribution in [-0.4, -0.2) is 25.9 Å². The van der Waals surface area contributed by atoms with Gasteiger partial charge < -0.3 is 0 Å². The monoisotopic (exact) mass is 400 g/mol. The van der Waals surface area contributed by atoms with E-state index < -0.39 is 58.7 Å². The molecule has 0 bridgehead atoms. The summed E-state index contributed by atoms with van der Waals surface area (Å²) in [6.45, 7) is 0. The molecule has 2 aromatic rings. The van der Waals surface area contributed by atoms with Crippen LogP contribution in [0.2, 0.25) is 0 Å². The Hall–Kier alpha value is -2.02. The Morgan fingerprint density at radius 2 is 1.00 bits per heavy atom. The van der Waals surface area contributed by atoms with E-state index in [0.717, 1.165) is 0 Å². The van der Waals surface area contributed by atoms with Gasteiger partial charge in [0, 0.05) is 23.3 Å². The molecule has 0 saturated carbocycles. The molecule has 0 radical (unpaired) electrons. The molecule has 0 aliphatic heterocycles. The summed E-state index contributed by atoms with van der Waals surface area (Å²) in [5.41, 5.74) is -2.96. The van der Waals surface area contributed by atoms with Gasteiger partial charge in [-0.1, -0.05) is 12.1 Å².